The number of nitrogens with zero attached hydrogens (tertiary/aromatic N) is 2. The number of aromatic nitrogens is 1. The zero-order valence-corrected chi connectivity index (χ0v) is 18.9. The van der Waals surface area contributed by atoms with Crippen molar-refractivity contribution < 1.29 is 31.5 Å². The topological polar surface area (TPSA) is 167 Å². The maximum absolute atomic E-state index is 13.0. The van der Waals surface area contributed by atoms with Gasteiger partial charge in [-0.3, -0.25) is 0 Å². The average Bonchev–Trinajstić information content (AvgIpc) is 3.01. The van der Waals surface area contributed by atoms with Crippen molar-refractivity contribution in [1.29, 1.82) is 0 Å². The van der Waals surface area contributed by atoms with Gasteiger partial charge in [-0.25, -0.2) is 4.79 Å². The Morgan fingerprint density at radius 2 is 1.59 bits per heavy atom. The Hall–Kier alpha value is -4.00. The molecule has 3 rings (SSSR count). The third-order valence-electron chi connectivity index (χ3n) is 4.52. The van der Waals surface area contributed by atoms with Crippen molar-refractivity contribution in [1.82, 2.24) is 4.57 Å². The molecule has 0 bridgehead atoms. The molecular weight excluding hydrogens is 475 g/mol. The van der Waals surface area contributed by atoms with Crippen molar-refractivity contribution in [3.05, 3.63) is 77.1 Å². The SMILES string of the molecule is Cc1cc(C(=O)O)c(C)n1-c1ccccc1C(F)(F)F.NC(N)=NS(=O)(=O)c1ccc(N)cc1. The van der Waals surface area contributed by atoms with E-state index < -0.39 is 33.7 Å². The molecule has 0 aliphatic rings. The van der Waals surface area contributed by atoms with Crippen molar-refractivity contribution in [3.8, 4) is 5.69 Å². The fraction of sp³-hybridized carbons (Fsp3) is 0.143. The molecule has 0 spiro atoms. The van der Waals surface area contributed by atoms with E-state index in [4.69, 9.17) is 22.3 Å². The highest BCUT2D eigenvalue weighted by molar-refractivity contribution is 7.90. The molecule has 0 unspecified atom stereocenters. The number of rotatable bonds is 4. The molecule has 0 atom stereocenters. The lowest BCUT2D eigenvalue weighted by atomic mass is 10.1. The molecule has 0 saturated heterocycles. The summed E-state index contributed by atoms with van der Waals surface area (Å²) in [5, 5.41) is 9.04. The minimum absolute atomic E-state index is 0.0000926. The predicted octanol–water partition coefficient (Wildman–Crippen LogP) is 3.04. The van der Waals surface area contributed by atoms with Gasteiger partial charge in [-0.05, 0) is 56.3 Å². The second-order valence-corrected chi connectivity index (χ2v) is 8.60. The number of anilines is 1. The van der Waals surface area contributed by atoms with E-state index in [-0.39, 0.29) is 21.8 Å². The summed E-state index contributed by atoms with van der Waals surface area (Å²) < 4.78 is 66.3. The van der Waals surface area contributed by atoms with Gasteiger partial charge in [-0.2, -0.15) is 21.6 Å². The van der Waals surface area contributed by atoms with E-state index >= 15 is 0 Å². The van der Waals surface area contributed by atoms with Crippen LogP contribution in [-0.4, -0.2) is 30.0 Å². The van der Waals surface area contributed by atoms with E-state index in [1.165, 1.54) is 60.0 Å². The smallest absolute Gasteiger partial charge is 0.418 e. The summed E-state index contributed by atoms with van der Waals surface area (Å²) in [6.45, 7) is 3.07. The number of alkyl halides is 3. The van der Waals surface area contributed by atoms with Crippen molar-refractivity contribution in [2.24, 2.45) is 15.9 Å². The lowest BCUT2D eigenvalue weighted by Gasteiger charge is -2.16. The maximum Gasteiger partial charge on any atom is 0.418 e. The van der Waals surface area contributed by atoms with Crippen LogP contribution in [0.3, 0.4) is 0 Å². The number of aryl methyl sites for hydroxylation is 1. The summed E-state index contributed by atoms with van der Waals surface area (Å²) in [6.07, 6.45) is -4.50. The summed E-state index contributed by atoms with van der Waals surface area (Å²) >= 11 is 0. The van der Waals surface area contributed by atoms with E-state index in [0.717, 1.165) is 6.07 Å². The van der Waals surface area contributed by atoms with Crippen molar-refractivity contribution in [3.63, 3.8) is 0 Å². The minimum atomic E-state index is -4.50. The molecule has 1 heterocycles. The second-order valence-electron chi connectivity index (χ2n) is 7.00. The molecule has 2 aromatic carbocycles. The summed E-state index contributed by atoms with van der Waals surface area (Å²) in [5.74, 6) is -1.66. The third kappa shape index (κ3) is 6.07. The van der Waals surface area contributed by atoms with Crippen LogP contribution in [0.4, 0.5) is 18.9 Å². The third-order valence-corrected chi connectivity index (χ3v) is 5.83. The Labute approximate surface area is 193 Å². The quantitative estimate of drug-likeness (QED) is 0.244. The summed E-state index contributed by atoms with van der Waals surface area (Å²) in [7, 11) is -3.79. The monoisotopic (exact) mass is 497 g/mol. The summed E-state index contributed by atoms with van der Waals surface area (Å²) in [6, 6.07) is 12.0. The Bertz CT molecular complexity index is 1330. The Kier molecular flexibility index (Phi) is 7.62. The average molecular weight is 497 g/mol. The van der Waals surface area contributed by atoms with Crippen molar-refractivity contribution in [2.75, 3.05) is 5.73 Å². The minimum Gasteiger partial charge on any atom is -0.478 e. The number of carbonyl (C=O) groups is 1. The highest BCUT2D eigenvalue weighted by Crippen LogP contribution is 2.35. The van der Waals surface area contributed by atoms with Crippen LogP contribution in [0.15, 0.2) is 63.9 Å². The number of hydrogen-bond donors (Lipinski definition) is 4. The van der Waals surface area contributed by atoms with Gasteiger partial charge in [0.2, 0.25) is 5.96 Å². The number of nitrogens with two attached hydrogens (primary N) is 3. The fourth-order valence-electron chi connectivity index (χ4n) is 3.09. The van der Waals surface area contributed by atoms with Crippen LogP contribution in [-0.2, 0) is 16.2 Å². The first-order valence-electron chi connectivity index (χ1n) is 9.45. The van der Waals surface area contributed by atoms with Crippen molar-refractivity contribution >= 4 is 27.6 Å². The largest absolute Gasteiger partial charge is 0.478 e. The highest BCUT2D eigenvalue weighted by atomic mass is 32.2. The molecule has 3 aromatic rings. The van der Waals surface area contributed by atoms with Gasteiger partial charge in [0.1, 0.15) is 0 Å². The van der Waals surface area contributed by atoms with E-state index in [1.54, 1.807) is 6.92 Å². The molecule has 1 aromatic heterocycles. The fourth-order valence-corrected chi connectivity index (χ4v) is 3.95. The van der Waals surface area contributed by atoms with E-state index in [9.17, 15) is 26.4 Å². The first kappa shape index (κ1) is 26.3. The number of nitrogen functional groups attached to an aromatic ring is 1. The molecule has 9 nitrogen and oxygen atoms in total. The van der Waals surface area contributed by atoms with Crippen LogP contribution >= 0.6 is 0 Å². The zero-order chi connectivity index (χ0) is 25.8. The van der Waals surface area contributed by atoms with Gasteiger partial charge in [0.05, 0.1) is 21.7 Å². The van der Waals surface area contributed by atoms with Gasteiger partial charge in [-0.15, -0.1) is 4.40 Å². The molecule has 0 saturated carbocycles. The van der Waals surface area contributed by atoms with Gasteiger partial charge < -0.3 is 26.9 Å². The first-order valence-corrected chi connectivity index (χ1v) is 10.9. The van der Waals surface area contributed by atoms with E-state index in [2.05, 4.69) is 4.40 Å². The highest BCUT2D eigenvalue weighted by Gasteiger charge is 2.34. The Morgan fingerprint density at radius 1 is 1.03 bits per heavy atom. The van der Waals surface area contributed by atoms with Crippen LogP contribution in [0.1, 0.15) is 27.3 Å². The number of hydrogen-bond acceptors (Lipinski definition) is 4. The lowest BCUT2D eigenvalue weighted by Crippen LogP contribution is -2.24. The number of sulfonamides is 1. The maximum atomic E-state index is 13.0. The number of carboxylic acid groups (broad SMARTS) is 1. The number of benzene rings is 2. The number of halogens is 3. The van der Waals surface area contributed by atoms with Gasteiger partial charge in [0.15, 0.2) is 0 Å². The molecule has 7 N–H and O–H groups in total. The number of aromatic carboxylic acids is 1. The van der Waals surface area contributed by atoms with E-state index in [1.807, 2.05) is 0 Å². The molecule has 0 fully saturated rings. The van der Waals surface area contributed by atoms with Crippen LogP contribution in [0.2, 0.25) is 0 Å². The van der Waals surface area contributed by atoms with Crippen LogP contribution in [0.5, 0.6) is 0 Å². The van der Waals surface area contributed by atoms with Gasteiger partial charge in [-0.1, -0.05) is 12.1 Å². The molecule has 0 aliphatic heterocycles. The molecule has 34 heavy (non-hydrogen) atoms. The van der Waals surface area contributed by atoms with Gasteiger partial charge >= 0.3 is 12.1 Å². The standard InChI is InChI=1S/C14H12F3NO2.C7H10N4O2S/c1-8-7-10(13(19)20)9(2)18(8)12-6-4-3-5-11(12)14(15,16)17;8-5-1-3-6(4-2-5)14(12,13)11-7(9)10/h3-7H,1-2H3,(H,19,20);1-4H,8H2,(H4,9,10,11). The number of para-hydroxylation sites is 1. The van der Waals surface area contributed by atoms with Crippen LogP contribution < -0.4 is 17.2 Å². The first-order chi connectivity index (χ1) is 15.6. The van der Waals surface area contributed by atoms with Crippen molar-refractivity contribution in [2.45, 2.75) is 24.9 Å². The zero-order valence-electron chi connectivity index (χ0n) is 18.0. The van der Waals surface area contributed by atoms with Gasteiger partial charge in [0, 0.05) is 17.1 Å². The molecule has 0 radical (unpaired) electrons. The van der Waals surface area contributed by atoms with Crippen LogP contribution in [0, 0.1) is 13.8 Å². The summed E-state index contributed by atoms with van der Waals surface area (Å²) in [4.78, 5) is 11.1. The number of guanidine groups is 1. The Balaban J connectivity index is 0.000000257. The predicted molar refractivity (Wildman–Crippen MR) is 121 cm³/mol. The lowest BCUT2D eigenvalue weighted by molar-refractivity contribution is -0.137. The molecule has 182 valence electrons. The van der Waals surface area contributed by atoms with Gasteiger partial charge in [0.25, 0.3) is 10.0 Å². The summed E-state index contributed by atoms with van der Waals surface area (Å²) in [5.41, 5.74) is 15.6. The molecule has 0 amide bonds. The van der Waals surface area contributed by atoms with E-state index in [0.29, 0.717) is 11.4 Å². The second kappa shape index (κ2) is 9.87. The molecule has 13 heteroatoms. The molecular formula is C21H22F3N5O4S. The normalized spacial score (nSPS) is 11.3. The van der Waals surface area contributed by atoms with Crippen LogP contribution in [0.25, 0.3) is 5.69 Å². The molecule has 0 aliphatic carbocycles. The number of carboxylic acids is 1. The Morgan fingerprint density at radius 3 is 2.06 bits per heavy atom.